The van der Waals surface area contributed by atoms with E-state index in [0.717, 1.165) is 37.8 Å². The summed E-state index contributed by atoms with van der Waals surface area (Å²) in [4.78, 5) is 0. The van der Waals surface area contributed by atoms with Crippen molar-refractivity contribution >= 4 is 15.7 Å². The van der Waals surface area contributed by atoms with Gasteiger partial charge in [0.2, 0.25) is 10.0 Å². The number of hydrogen-bond acceptors (Lipinski definition) is 7. The van der Waals surface area contributed by atoms with Crippen LogP contribution in [0.25, 0.3) is 0 Å². The van der Waals surface area contributed by atoms with E-state index in [1.807, 2.05) is 6.07 Å². The molecule has 0 aliphatic heterocycles. The molecule has 1 aliphatic carbocycles. The summed E-state index contributed by atoms with van der Waals surface area (Å²) in [6, 6.07) is 10.5. The first-order valence-electron chi connectivity index (χ1n) is 10.2. The lowest BCUT2D eigenvalue weighted by molar-refractivity contribution is 0.105. The van der Waals surface area contributed by atoms with Crippen LogP contribution in [0, 0.1) is 5.92 Å². The molecule has 3 rings (SSSR count). The van der Waals surface area contributed by atoms with Crippen molar-refractivity contribution in [2.45, 2.75) is 25.4 Å². The summed E-state index contributed by atoms with van der Waals surface area (Å²) < 4.78 is 35.8. The summed E-state index contributed by atoms with van der Waals surface area (Å²) >= 11 is 0. The number of nitrogens with one attached hydrogen (secondary N) is 2. The summed E-state index contributed by atoms with van der Waals surface area (Å²) in [5, 5.41) is 23.3. The first-order chi connectivity index (χ1) is 14.7. The van der Waals surface area contributed by atoms with Crippen LogP contribution in [0.15, 0.2) is 36.4 Å². The number of rotatable bonds is 10. The smallest absolute Gasteiger partial charge is 0.229 e. The predicted molar refractivity (Wildman–Crippen MR) is 119 cm³/mol. The summed E-state index contributed by atoms with van der Waals surface area (Å²) in [5.41, 5.74) is 2.73. The van der Waals surface area contributed by atoms with Crippen LogP contribution in [-0.4, -0.2) is 57.8 Å². The number of phenols is 1. The Hall–Kier alpha value is -2.49. The SMILES string of the molecule is COc1ccc2c(c1)CC(CNC[C@@H](O)COc1ccc(O)c(NS(C)(=O)=O)c1)CC2. The number of anilines is 1. The molecule has 2 aromatic rings. The molecule has 170 valence electrons. The third-order valence-corrected chi connectivity index (χ3v) is 5.85. The van der Waals surface area contributed by atoms with Crippen molar-refractivity contribution in [1.82, 2.24) is 5.32 Å². The quantitative estimate of drug-likeness (QED) is 0.409. The maximum absolute atomic E-state index is 11.4. The van der Waals surface area contributed by atoms with E-state index < -0.39 is 16.1 Å². The summed E-state index contributed by atoms with van der Waals surface area (Å²) in [6.45, 7) is 1.23. The van der Waals surface area contributed by atoms with E-state index in [1.165, 1.54) is 29.3 Å². The van der Waals surface area contributed by atoms with E-state index in [4.69, 9.17) is 9.47 Å². The lowest BCUT2D eigenvalue weighted by Crippen LogP contribution is -2.35. The normalized spacial score (nSPS) is 16.9. The van der Waals surface area contributed by atoms with Gasteiger partial charge in [-0.3, -0.25) is 4.72 Å². The van der Waals surface area contributed by atoms with Gasteiger partial charge < -0.3 is 25.0 Å². The van der Waals surface area contributed by atoms with Crippen LogP contribution in [0.1, 0.15) is 17.5 Å². The van der Waals surface area contributed by atoms with Crippen LogP contribution < -0.4 is 19.5 Å². The molecule has 1 aliphatic rings. The largest absolute Gasteiger partial charge is 0.506 e. The topological polar surface area (TPSA) is 117 Å². The number of aromatic hydroxyl groups is 1. The van der Waals surface area contributed by atoms with Crippen molar-refractivity contribution in [1.29, 1.82) is 0 Å². The maximum atomic E-state index is 11.4. The van der Waals surface area contributed by atoms with Gasteiger partial charge in [0.05, 0.1) is 19.1 Å². The van der Waals surface area contributed by atoms with E-state index in [-0.39, 0.29) is 18.0 Å². The molecule has 2 aromatic carbocycles. The number of hydrogen-bond donors (Lipinski definition) is 4. The zero-order chi connectivity index (χ0) is 22.4. The molecule has 9 heteroatoms. The molecule has 0 aromatic heterocycles. The Balaban J connectivity index is 1.43. The van der Waals surface area contributed by atoms with Gasteiger partial charge in [-0.2, -0.15) is 0 Å². The first kappa shape index (κ1) is 23.2. The highest BCUT2D eigenvalue weighted by Gasteiger charge is 2.19. The van der Waals surface area contributed by atoms with Crippen molar-refractivity contribution in [3.05, 3.63) is 47.5 Å². The average molecular weight is 451 g/mol. The highest BCUT2D eigenvalue weighted by atomic mass is 32.2. The number of aliphatic hydroxyl groups excluding tert-OH is 1. The molecular weight excluding hydrogens is 420 g/mol. The van der Waals surface area contributed by atoms with E-state index in [0.29, 0.717) is 18.2 Å². The molecule has 0 spiro atoms. The molecule has 8 nitrogen and oxygen atoms in total. The Bertz CT molecular complexity index is 995. The van der Waals surface area contributed by atoms with Gasteiger partial charge in [0, 0.05) is 12.6 Å². The number of ether oxygens (including phenoxy) is 2. The fourth-order valence-electron chi connectivity index (χ4n) is 3.70. The van der Waals surface area contributed by atoms with Gasteiger partial charge in [-0.1, -0.05) is 6.07 Å². The van der Waals surface area contributed by atoms with E-state index in [2.05, 4.69) is 22.2 Å². The average Bonchev–Trinajstić information content (AvgIpc) is 2.72. The van der Waals surface area contributed by atoms with Gasteiger partial charge >= 0.3 is 0 Å². The summed E-state index contributed by atoms with van der Waals surface area (Å²) in [7, 11) is -1.85. The monoisotopic (exact) mass is 450 g/mol. The molecular formula is C22H30N2O6S. The van der Waals surface area contributed by atoms with Crippen molar-refractivity contribution in [3.8, 4) is 17.2 Å². The predicted octanol–water partition coefficient (Wildman–Crippen LogP) is 1.91. The van der Waals surface area contributed by atoms with Gasteiger partial charge in [0.25, 0.3) is 0 Å². The molecule has 2 atom stereocenters. The van der Waals surface area contributed by atoms with Gasteiger partial charge in [0.1, 0.15) is 30.0 Å². The summed E-state index contributed by atoms with van der Waals surface area (Å²) in [5.74, 6) is 1.52. The molecule has 0 amide bonds. The van der Waals surface area contributed by atoms with Crippen molar-refractivity contribution in [3.63, 3.8) is 0 Å². The van der Waals surface area contributed by atoms with Crippen LogP contribution in [0.3, 0.4) is 0 Å². The molecule has 31 heavy (non-hydrogen) atoms. The molecule has 0 bridgehead atoms. The second kappa shape index (κ2) is 10.2. The fraction of sp³-hybridized carbons (Fsp3) is 0.455. The third kappa shape index (κ3) is 7.02. The van der Waals surface area contributed by atoms with Gasteiger partial charge in [0.15, 0.2) is 0 Å². The zero-order valence-electron chi connectivity index (χ0n) is 17.8. The van der Waals surface area contributed by atoms with Gasteiger partial charge in [-0.15, -0.1) is 0 Å². The van der Waals surface area contributed by atoms with Crippen LogP contribution in [0.2, 0.25) is 0 Å². The van der Waals surface area contributed by atoms with Crippen LogP contribution in [-0.2, 0) is 22.9 Å². The third-order valence-electron chi connectivity index (χ3n) is 5.26. The number of benzene rings is 2. The highest BCUT2D eigenvalue weighted by Crippen LogP contribution is 2.29. The molecule has 0 heterocycles. The van der Waals surface area contributed by atoms with Crippen molar-refractivity contribution < 1.29 is 28.1 Å². The second-order valence-corrected chi connectivity index (χ2v) is 9.67. The molecule has 1 unspecified atom stereocenters. The summed E-state index contributed by atoms with van der Waals surface area (Å²) in [6.07, 6.45) is 3.40. The van der Waals surface area contributed by atoms with Crippen LogP contribution >= 0.6 is 0 Å². The highest BCUT2D eigenvalue weighted by molar-refractivity contribution is 7.92. The lowest BCUT2D eigenvalue weighted by atomic mass is 9.84. The minimum atomic E-state index is -3.53. The Morgan fingerprint density at radius 2 is 1.94 bits per heavy atom. The molecule has 0 radical (unpaired) electrons. The van der Waals surface area contributed by atoms with Crippen LogP contribution in [0.5, 0.6) is 17.2 Å². The minimum Gasteiger partial charge on any atom is -0.506 e. The van der Waals surface area contributed by atoms with Crippen molar-refractivity contribution in [2.75, 3.05) is 37.8 Å². The first-order valence-corrected chi connectivity index (χ1v) is 12.1. The van der Waals surface area contributed by atoms with Crippen molar-refractivity contribution in [2.24, 2.45) is 5.92 Å². The Kier molecular flexibility index (Phi) is 7.64. The minimum absolute atomic E-state index is 0.0295. The molecule has 0 fully saturated rings. The van der Waals surface area contributed by atoms with Gasteiger partial charge in [-0.25, -0.2) is 8.42 Å². The van der Waals surface area contributed by atoms with E-state index >= 15 is 0 Å². The Labute approximate surface area is 183 Å². The molecule has 0 saturated carbocycles. The van der Waals surface area contributed by atoms with E-state index in [1.54, 1.807) is 7.11 Å². The number of fused-ring (bicyclic) bond motifs is 1. The Morgan fingerprint density at radius 1 is 1.16 bits per heavy atom. The Morgan fingerprint density at radius 3 is 2.68 bits per heavy atom. The molecule has 4 N–H and O–H groups in total. The lowest BCUT2D eigenvalue weighted by Gasteiger charge is -2.25. The second-order valence-electron chi connectivity index (χ2n) is 7.92. The maximum Gasteiger partial charge on any atom is 0.229 e. The zero-order valence-corrected chi connectivity index (χ0v) is 18.6. The molecule has 0 saturated heterocycles. The van der Waals surface area contributed by atoms with Gasteiger partial charge in [-0.05, 0) is 67.1 Å². The van der Waals surface area contributed by atoms with Crippen LogP contribution in [0.4, 0.5) is 5.69 Å². The standard InChI is InChI=1S/C22H30N2O6S/c1-29-19-6-5-16-4-3-15(9-17(16)10-19)12-23-13-18(25)14-30-20-7-8-22(26)21(11-20)24-31(2,27)28/h5-8,10-11,15,18,23-26H,3-4,9,12-14H2,1-2H3/t15?,18-/m1/s1. The van der Waals surface area contributed by atoms with E-state index in [9.17, 15) is 18.6 Å². The number of sulfonamides is 1. The fourth-order valence-corrected chi connectivity index (χ4v) is 4.26. The number of aliphatic hydroxyl groups is 1. The number of methoxy groups -OCH3 is 1. The number of phenolic OH excluding ortho intramolecular Hbond substituents is 1. The number of aryl methyl sites for hydroxylation is 1.